The number of hydrogen-bond acceptors (Lipinski definition) is 21. The molecule has 0 aromatic carbocycles. The third kappa shape index (κ3) is 42.8. The highest BCUT2D eigenvalue weighted by atomic mass is 16.6. The summed E-state index contributed by atoms with van der Waals surface area (Å²) in [6.07, 6.45) is 9.51. The molecule has 0 aliphatic carbocycles. The molecule has 0 aliphatic heterocycles. The van der Waals surface area contributed by atoms with E-state index in [4.69, 9.17) is 29.5 Å². The molecule has 27 nitrogen and oxygen atoms in total. The molecular weight excluding hydrogens is 1130 g/mol. The van der Waals surface area contributed by atoms with Crippen LogP contribution in [0, 0.1) is 5.92 Å². The van der Waals surface area contributed by atoms with Gasteiger partial charge in [0.25, 0.3) is 0 Å². The van der Waals surface area contributed by atoms with Gasteiger partial charge in [0.2, 0.25) is 52.7 Å². The van der Waals surface area contributed by atoms with Gasteiger partial charge in [-0.25, -0.2) is 0 Å². The van der Waals surface area contributed by atoms with Crippen LogP contribution in [0.25, 0.3) is 0 Å². The summed E-state index contributed by atoms with van der Waals surface area (Å²) >= 11 is 0. The molecule has 0 radical (unpaired) electrons. The third-order valence-corrected chi connectivity index (χ3v) is 13.6. The second kappa shape index (κ2) is 52.2. The van der Waals surface area contributed by atoms with Crippen molar-refractivity contribution in [3.8, 4) is 0 Å². The van der Waals surface area contributed by atoms with E-state index in [2.05, 4.69) is 40.4 Å². The Labute approximate surface area is 507 Å². The van der Waals surface area contributed by atoms with E-state index in [9.17, 15) is 74.7 Å². The Balaban J connectivity index is 5.65. The van der Waals surface area contributed by atoms with Gasteiger partial charge in [0.05, 0.1) is 19.8 Å². The van der Waals surface area contributed by atoms with Gasteiger partial charge in [-0.2, -0.15) is 0 Å². The fourth-order valence-electron chi connectivity index (χ4n) is 8.41. The maximum atomic E-state index is 13.9. The average Bonchev–Trinajstić information content (AvgIpc) is 3.52. The maximum Gasteiger partial charge on any atom is 0.319 e. The molecule has 4 atom stereocenters. The average molecular weight is 1240 g/mol. The molecule has 0 heterocycles. The van der Waals surface area contributed by atoms with Crippen LogP contribution in [-0.2, 0) is 43.0 Å². The minimum atomic E-state index is -1.54. The zero-order valence-electron chi connectivity index (χ0n) is 51.2. The Morgan fingerprint density at radius 1 is 0.384 bits per heavy atom. The van der Waals surface area contributed by atoms with Gasteiger partial charge < -0.3 is 107 Å². The molecule has 17 N–H and O–H groups in total. The molecule has 0 aliphatic rings. The number of aliphatic hydroxyl groups is 12. The van der Waals surface area contributed by atoms with E-state index in [0.29, 0.717) is 32.2 Å². The predicted octanol–water partition coefficient (Wildman–Crippen LogP) is 4.31. The molecule has 0 rings (SSSR count). The summed E-state index contributed by atoms with van der Waals surface area (Å²) in [6, 6.07) is -1.14. The van der Waals surface area contributed by atoms with Crippen molar-refractivity contribution in [3.05, 3.63) is 35.1 Å². The molecule has 6 amide bonds. The standard InChI is InChI=1S/C59H108N6O21/c1-43(2)21-11-8-10-16-31-60-48(72)22-12-7-5-3-4-6-9-17-32-63-56(80)44(64-51(75)25-15-20-42-86-59(83)55(79)47(71)30-39-68)26-27-52(76)65(35-33-61-49(73)23-13-18-40-84-57(81)53(77)45(69)28-37-66)36-34-62-50(74)24-14-19-41-85-58(82)54(78)46(70)29-38-67/h43-47,66-71,77-79,81-83H,3-42H2,1-2H3,(H,60,72)(H,61,73)(H,62,74)(H,63,80)(H,64,75)/b57-53-,58-54+,59-55+/t44-,45?,46?,47?/m0/s1. The van der Waals surface area contributed by atoms with Crippen molar-refractivity contribution in [2.75, 3.05) is 78.9 Å². The number of aliphatic hydroxyl groups excluding tert-OH is 12. The van der Waals surface area contributed by atoms with Crippen molar-refractivity contribution in [2.45, 2.75) is 218 Å². The van der Waals surface area contributed by atoms with Gasteiger partial charge >= 0.3 is 17.8 Å². The summed E-state index contributed by atoms with van der Waals surface area (Å²) in [6.45, 7) is 3.76. The number of carbonyl (C=O) groups excluding carboxylic acids is 6. The lowest BCUT2D eigenvalue weighted by Crippen LogP contribution is -2.48. The van der Waals surface area contributed by atoms with E-state index in [1.165, 1.54) is 24.2 Å². The summed E-state index contributed by atoms with van der Waals surface area (Å²) in [5.41, 5.74) is 0. The van der Waals surface area contributed by atoms with E-state index < -0.39 is 97.0 Å². The van der Waals surface area contributed by atoms with Gasteiger partial charge in [0, 0.05) is 110 Å². The Bertz CT molecular complexity index is 1900. The smallest absolute Gasteiger partial charge is 0.319 e. The van der Waals surface area contributed by atoms with Crippen molar-refractivity contribution in [1.82, 2.24) is 31.5 Å². The van der Waals surface area contributed by atoms with Crippen LogP contribution in [0.15, 0.2) is 35.1 Å². The van der Waals surface area contributed by atoms with Crippen molar-refractivity contribution >= 4 is 35.4 Å². The van der Waals surface area contributed by atoms with E-state index in [-0.39, 0.29) is 141 Å². The van der Waals surface area contributed by atoms with Crippen LogP contribution < -0.4 is 26.6 Å². The molecule has 0 saturated heterocycles. The van der Waals surface area contributed by atoms with E-state index >= 15 is 0 Å². The first kappa shape index (κ1) is 80.0. The molecular formula is C59H108N6O21. The summed E-state index contributed by atoms with van der Waals surface area (Å²) in [5, 5.41) is 129. The lowest BCUT2D eigenvalue weighted by atomic mass is 10.0. The number of amides is 6. The molecule has 0 aromatic heterocycles. The SMILES string of the molecule is CC(C)CCCCCCNC(=O)CCCCCCCCCCNC(=O)[C@H](CCC(=O)N(CCNC(=O)CCCCO/C(O)=C(\O)C(O)CCO)CCNC(=O)CCCCO/C(O)=C(/O)C(O)CCO)NC(=O)CCCCO/C(O)=C(/O)C(O)CCO. The van der Waals surface area contributed by atoms with Gasteiger partial charge in [-0.05, 0) is 70.1 Å². The summed E-state index contributed by atoms with van der Waals surface area (Å²) in [7, 11) is 0. The first-order valence-electron chi connectivity index (χ1n) is 30.9. The lowest BCUT2D eigenvalue weighted by Gasteiger charge is -2.25. The fraction of sp³-hybridized carbons (Fsp3) is 0.797. The Kier molecular flexibility index (Phi) is 48.5. The summed E-state index contributed by atoms with van der Waals surface area (Å²) in [5.74, 6) is -6.69. The van der Waals surface area contributed by atoms with E-state index in [0.717, 1.165) is 70.3 Å². The summed E-state index contributed by atoms with van der Waals surface area (Å²) in [4.78, 5) is 80.0. The van der Waals surface area contributed by atoms with Crippen molar-refractivity contribution in [3.63, 3.8) is 0 Å². The van der Waals surface area contributed by atoms with Crippen LogP contribution in [0.4, 0.5) is 0 Å². The lowest BCUT2D eigenvalue weighted by molar-refractivity contribution is -0.133. The minimum absolute atomic E-state index is 0.0123. The van der Waals surface area contributed by atoms with E-state index in [1.54, 1.807) is 0 Å². The van der Waals surface area contributed by atoms with Crippen molar-refractivity contribution in [1.29, 1.82) is 0 Å². The maximum absolute atomic E-state index is 13.9. The van der Waals surface area contributed by atoms with Gasteiger partial charge in [-0.1, -0.05) is 78.1 Å². The molecule has 0 bridgehead atoms. The molecule has 3 unspecified atom stereocenters. The molecule has 0 aromatic rings. The monoisotopic (exact) mass is 1240 g/mol. The highest BCUT2D eigenvalue weighted by Crippen LogP contribution is 2.15. The van der Waals surface area contributed by atoms with Gasteiger partial charge in [-0.3, -0.25) is 28.8 Å². The van der Waals surface area contributed by atoms with Crippen molar-refractivity contribution in [2.24, 2.45) is 5.92 Å². The van der Waals surface area contributed by atoms with Crippen LogP contribution in [0.3, 0.4) is 0 Å². The molecule has 27 heteroatoms. The number of unbranched alkanes of at least 4 members (excludes halogenated alkanes) is 13. The Morgan fingerprint density at radius 3 is 1.12 bits per heavy atom. The normalized spacial score (nSPS) is 13.7. The number of ether oxygens (including phenoxy) is 3. The van der Waals surface area contributed by atoms with Crippen LogP contribution >= 0.6 is 0 Å². The number of hydrogen-bond donors (Lipinski definition) is 17. The molecule has 0 saturated carbocycles. The molecule has 0 fully saturated rings. The number of carbonyl (C=O) groups is 6. The first-order chi connectivity index (χ1) is 41.2. The van der Waals surface area contributed by atoms with Gasteiger partial charge in [0.1, 0.15) is 24.4 Å². The van der Waals surface area contributed by atoms with Crippen LogP contribution in [-0.4, -0.2) is 205 Å². The van der Waals surface area contributed by atoms with Gasteiger partial charge in [-0.15, -0.1) is 0 Å². The topological polar surface area (TPSA) is 436 Å². The van der Waals surface area contributed by atoms with Crippen LogP contribution in [0.2, 0.25) is 0 Å². The highest BCUT2D eigenvalue weighted by Gasteiger charge is 2.25. The highest BCUT2D eigenvalue weighted by molar-refractivity contribution is 5.88. The second-order valence-electron chi connectivity index (χ2n) is 21.6. The number of rotatable bonds is 56. The fourth-order valence-corrected chi connectivity index (χ4v) is 8.41. The van der Waals surface area contributed by atoms with Crippen LogP contribution in [0.5, 0.6) is 0 Å². The predicted molar refractivity (Wildman–Crippen MR) is 319 cm³/mol. The van der Waals surface area contributed by atoms with Crippen LogP contribution in [0.1, 0.15) is 194 Å². The quantitative estimate of drug-likeness (QED) is 0.0298. The number of nitrogens with zero attached hydrogens (tertiary/aromatic N) is 1. The second-order valence-corrected chi connectivity index (χ2v) is 21.6. The zero-order chi connectivity index (χ0) is 64.3. The Morgan fingerprint density at radius 2 is 0.721 bits per heavy atom. The molecule has 0 spiro atoms. The third-order valence-electron chi connectivity index (χ3n) is 13.6. The summed E-state index contributed by atoms with van der Waals surface area (Å²) < 4.78 is 15.1. The minimum Gasteiger partial charge on any atom is -0.504 e. The molecule has 500 valence electrons. The van der Waals surface area contributed by atoms with E-state index in [1.807, 2.05) is 0 Å². The first-order valence-corrected chi connectivity index (χ1v) is 30.9. The number of nitrogens with one attached hydrogen (secondary N) is 5. The Hall–Kier alpha value is -6.00. The zero-order valence-corrected chi connectivity index (χ0v) is 51.2. The largest absolute Gasteiger partial charge is 0.504 e. The van der Waals surface area contributed by atoms with Crippen molar-refractivity contribution < 1.29 is 104 Å². The van der Waals surface area contributed by atoms with Gasteiger partial charge in [0.15, 0.2) is 0 Å². The molecule has 86 heavy (non-hydrogen) atoms.